The zero-order valence-corrected chi connectivity index (χ0v) is 14.7. The predicted molar refractivity (Wildman–Crippen MR) is 95.2 cm³/mol. The summed E-state index contributed by atoms with van der Waals surface area (Å²) in [5.41, 5.74) is 1.40. The van der Waals surface area contributed by atoms with Crippen molar-refractivity contribution in [3.05, 3.63) is 58.3 Å². The Labute approximate surface area is 150 Å². The van der Waals surface area contributed by atoms with Crippen LogP contribution >= 0.6 is 11.3 Å². The van der Waals surface area contributed by atoms with Crippen LogP contribution in [0.25, 0.3) is 0 Å². The van der Waals surface area contributed by atoms with Crippen molar-refractivity contribution in [3.8, 4) is 0 Å². The molecule has 0 aliphatic rings. The van der Waals surface area contributed by atoms with Gasteiger partial charge in [-0.15, -0.1) is 0 Å². The van der Waals surface area contributed by atoms with Gasteiger partial charge in [0.25, 0.3) is 5.91 Å². The Morgan fingerprint density at radius 3 is 2.56 bits per heavy atom. The first-order chi connectivity index (χ1) is 12.1. The van der Waals surface area contributed by atoms with Crippen LogP contribution in [0, 0.1) is 0 Å². The van der Waals surface area contributed by atoms with E-state index in [1.165, 1.54) is 18.4 Å². The number of rotatable bonds is 8. The minimum atomic E-state index is -0.464. The molecule has 2 aromatic rings. The maximum atomic E-state index is 12.2. The largest absolute Gasteiger partial charge is 0.469 e. The second-order valence-electron chi connectivity index (χ2n) is 5.33. The topological polar surface area (TPSA) is 84.5 Å². The summed E-state index contributed by atoms with van der Waals surface area (Å²) in [5.74, 6) is -0.855. The smallest absolute Gasteiger partial charge is 0.307 e. The van der Waals surface area contributed by atoms with Gasteiger partial charge < -0.3 is 15.4 Å². The summed E-state index contributed by atoms with van der Waals surface area (Å²) in [6.45, 7) is 0.222. The highest BCUT2D eigenvalue weighted by Gasteiger charge is 2.18. The molecule has 0 spiro atoms. The third-order valence-corrected chi connectivity index (χ3v) is 4.24. The molecule has 0 aliphatic heterocycles. The number of amides is 2. The molecule has 132 valence electrons. The molecule has 0 aliphatic carbocycles. The molecule has 7 heteroatoms. The zero-order valence-electron chi connectivity index (χ0n) is 13.9. The lowest BCUT2D eigenvalue weighted by atomic mass is 10.0. The first-order valence-corrected chi connectivity index (χ1v) is 8.76. The van der Waals surface area contributed by atoms with Gasteiger partial charge in [0.15, 0.2) is 0 Å². The van der Waals surface area contributed by atoms with E-state index in [1.807, 2.05) is 35.7 Å². The quantitative estimate of drug-likeness (QED) is 0.708. The number of benzene rings is 1. The third-order valence-electron chi connectivity index (χ3n) is 3.56. The molecule has 1 unspecified atom stereocenters. The summed E-state index contributed by atoms with van der Waals surface area (Å²) in [5, 5.41) is 9.08. The number of methoxy groups -OCH3 is 1. The number of thiophene rings is 1. The maximum absolute atomic E-state index is 12.2. The highest BCUT2D eigenvalue weighted by atomic mass is 32.1. The lowest BCUT2D eigenvalue weighted by molar-refractivity contribution is -0.141. The Morgan fingerprint density at radius 1 is 1.16 bits per heavy atom. The van der Waals surface area contributed by atoms with E-state index < -0.39 is 12.0 Å². The highest BCUT2D eigenvalue weighted by molar-refractivity contribution is 7.08. The van der Waals surface area contributed by atoms with Gasteiger partial charge in [-0.05, 0) is 17.0 Å². The lowest BCUT2D eigenvalue weighted by Crippen LogP contribution is -2.33. The second kappa shape index (κ2) is 9.58. The Kier molecular flexibility index (Phi) is 7.16. The minimum Gasteiger partial charge on any atom is -0.469 e. The summed E-state index contributed by atoms with van der Waals surface area (Å²) in [6.07, 6.45) is 0.175. The standard InChI is InChI=1S/C18H20N2O4S/c1-24-17(22)11-15(13-5-3-2-4-6-13)20-16(21)7-9-19-18(23)14-8-10-25-12-14/h2-6,8,10,12,15H,7,9,11H2,1H3,(H,19,23)(H,20,21). The van der Waals surface area contributed by atoms with Gasteiger partial charge in [0.2, 0.25) is 5.91 Å². The normalized spacial score (nSPS) is 11.4. The molecule has 2 rings (SSSR count). The van der Waals surface area contributed by atoms with Crippen LogP contribution in [0.3, 0.4) is 0 Å². The van der Waals surface area contributed by atoms with Gasteiger partial charge in [-0.3, -0.25) is 14.4 Å². The first-order valence-electron chi connectivity index (χ1n) is 7.81. The van der Waals surface area contributed by atoms with E-state index in [9.17, 15) is 14.4 Å². The molecule has 25 heavy (non-hydrogen) atoms. The van der Waals surface area contributed by atoms with Gasteiger partial charge in [0, 0.05) is 23.9 Å². The van der Waals surface area contributed by atoms with Gasteiger partial charge in [0.1, 0.15) is 0 Å². The predicted octanol–water partition coefficient (Wildman–Crippen LogP) is 2.29. The Hall–Kier alpha value is -2.67. The van der Waals surface area contributed by atoms with Crippen LogP contribution < -0.4 is 10.6 Å². The van der Waals surface area contributed by atoms with E-state index in [0.29, 0.717) is 5.56 Å². The fraction of sp³-hybridized carbons (Fsp3) is 0.278. The van der Waals surface area contributed by atoms with Crippen molar-refractivity contribution in [1.82, 2.24) is 10.6 Å². The van der Waals surface area contributed by atoms with Crippen molar-refractivity contribution in [2.75, 3.05) is 13.7 Å². The molecule has 6 nitrogen and oxygen atoms in total. The average Bonchev–Trinajstić information content (AvgIpc) is 3.16. The van der Waals surface area contributed by atoms with Crippen LogP contribution in [0.5, 0.6) is 0 Å². The number of carbonyl (C=O) groups is 3. The van der Waals surface area contributed by atoms with Crippen molar-refractivity contribution < 1.29 is 19.1 Å². The molecule has 0 fully saturated rings. The van der Waals surface area contributed by atoms with Crippen LogP contribution in [0.2, 0.25) is 0 Å². The molecule has 0 saturated carbocycles. The summed E-state index contributed by atoms with van der Waals surface area (Å²) < 4.78 is 4.69. The van der Waals surface area contributed by atoms with E-state index in [0.717, 1.165) is 5.56 Å². The Balaban J connectivity index is 1.86. The van der Waals surface area contributed by atoms with E-state index in [4.69, 9.17) is 4.74 Å². The number of nitrogens with one attached hydrogen (secondary N) is 2. The molecule has 1 aromatic carbocycles. The van der Waals surface area contributed by atoms with Crippen molar-refractivity contribution in [1.29, 1.82) is 0 Å². The van der Waals surface area contributed by atoms with E-state index in [1.54, 1.807) is 11.4 Å². The molecule has 0 radical (unpaired) electrons. The summed E-state index contributed by atoms with van der Waals surface area (Å²) in [7, 11) is 1.31. The van der Waals surface area contributed by atoms with Crippen LogP contribution in [0.4, 0.5) is 0 Å². The van der Waals surface area contributed by atoms with Gasteiger partial charge in [-0.25, -0.2) is 0 Å². The molecule has 1 atom stereocenters. The number of ether oxygens (including phenoxy) is 1. The zero-order chi connectivity index (χ0) is 18.1. The SMILES string of the molecule is COC(=O)CC(NC(=O)CCNC(=O)c1ccsc1)c1ccccc1. The molecule has 1 aromatic heterocycles. The molecular weight excluding hydrogens is 340 g/mol. The number of hydrogen-bond acceptors (Lipinski definition) is 5. The fourth-order valence-corrected chi connectivity index (χ4v) is 2.88. The number of esters is 1. The lowest BCUT2D eigenvalue weighted by Gasteiger charge is -2.18. The second-order valence-corrected chi connectivity index (χ2v) is 6.11. The van der Waals surface area contributed by atoms with Crippen LogP contribution in [-0.4, -0.2) is 31.4 Å². The van der Waals surface area contributed by atoms with Crippen LogP contribution in [-0.2, 0) is 14.3 Å². The maximum Gasteiger partial charge on any atom is 0.307 e. The molecule has 0 saturated heterocycles. The van der Waals surface area contributed by atoms with E-state index >= 15 is 0 Å². The first kappa shape index (κ1) is 18.7. The number of carbonyl (C=O) groups excluding carboxylic acids is 3. The summed E-state index contributed by atoms with van der Waals surface area (Å²) in [6, 6.07) is 10.5. The van der Waals surface area contributed by atoms with Crippen molar-refractivity contribution in [2.45, 2.75) is 18.9 Å². The minimum absolute atomic E-state index is 0.0491. The summed E-state index contributed by atoms with van der Waals surface area (Å²) in [4.78, 5) is 35.6. The average molecular weight is 360 g/mol. The van der Waals surface area contributed by atoms with Gasteiger partial charge in [-0.2, -0.15) is 11.3 Å². The number of hydrogen-bond donors (Lipinski definition) is 2. The van der Waals surface area contributed by atoms with Crippen molar-refractivity contribution in [2.24, 2.45) is 0 Å². The van der Waals surface area contributed by atoms with Crippen LogP contribution in [0.1, 0.15) is 34.8 Å². The van der Waals surface area contributed by atoms with Gasteiger partial charge in [-0.1, -0.05) is 30.3 Å². The van der Waals surface area contributed by atoms with Crippen molar-refractivity contribution >= 4 is 29.1 Å². The molecule has 0 bridgehead atoms. The molecular formula is C18H20N2O4S. The molecule has 2 N–H and O–H groups in total. The fourth-order valence-electron chi connectivity index (χ4n) is 2.24. The summed E-state index contributed by atoms with van der Waals surface area (Å²) >= 11 is 1.44. The monoisotopic (exact) mass is 360 g/mol. The van der Waals surface area contributed by atoms with Crippen molar-refractivity contribution in [3.63, 3.8) is 0 Å². The Morgan fingerprint density at radius 2 is 1.92 bits per heavy atom. The van der Waals surface area contributed by atoms with Gasteiger partial charge in [0.05, 0.1) is 19.6 Å². The third kappa shape index (κ3) is 6.04. The van der Waals surface area contributed by atoms with Gasteiger partial charge >= 0.3 is 5.97 Å². The van der Waals surface area contributed by atoms with E-state index in [-0.39, 0.29) is 31.2 Å². The highest BCUT2D eigenvalue weighted by Crippen LogP contribution is 2.17. The molecule has 1 heterocycles. The molecule has 2 amide bonds. The van der Waals surface area contributed by atoms with Crippen LogP contribution in [0.15, 0.2) is 47.2 Å². The Bertz CT molecular complexity index is 701. The van der Waals surface area contributed by atoms with E-state index in [2.05, 4.69) is 10.6 Å².